The van der Waals surface area contributed by atoms with E-state index in [1.807, 2.05) is 0 Å². The second-order valence-electron chi connectivity index (χ2n) is 6.33. The Morgan fingerprint density at radius 3 is 2.21 bits per heavy atom. The lowest BCUT2D eigenvalue weighted by Gasteiger charge is -2.15. The van der Waals surface area contributed by atoms with E-state index in [2.05, 4.69) is 20.9 Å². The van der Waals surface area contributed by atoms with Crippen LogP contribution >= 0.6 is 0 Å². The van der Waals surface area contributed by atoms with E-state index in [9.17, 15) is 18.4 Å². The highest BCUT2D eigenvalue weighted by Gasteiger charge is 2.20. The molecule has 0 saturated carbocycles. The number of benzene rings is 2. The molecule has 0 aliphatic heterocycles. The molecule has 0 bridgehead atoms. The first-order chi connectivity index (χ1) is 13.8. The van der Waals surface area contributed by atoms with Gasteiger partial charge < -0.3 is 16.0 Å². The molecule has 0 aliphatic carbocycles. The van der Waals surface area contributed by atoms with Crippen LogP contribution in [-0.2, 0) is 4.79 Å². The lowest BCUT2D eigenvalue weighted by Crippen LogP contribution is -2.18. The van der Waals surface area contributed by atoms with E-state index in [-0.39, 0.29) is 28.5 Å². The van der Waals surface area contributed by atoms with Gasteiger partial charge in [0.1, 0.15) is 11.4 Å². The first-order valence-corrected chi connectivity index (χ1v) is 8.70. The van der Waals surface area contributed by atoms with Crippen LogP contribution in [0.4, 0.5) is 31.5 Å². The number of anilines is 4. The van der Waals surface area contributed by atoms with Gasteiger partial charge in [-0.1, -0.05) is 18.2 Å². The highest BCUT2D eigenvalue weighted by molar-refractivity contribution is 6.10. The van der Waals surface area contributed by atoms with Gasteiger partial charge in [-0.3, -0.25) is 14.6 Å². The Bertz CT molecular complexity index is 1090. The van der Waals surface area contributed by atoms with Gasteiger partial charge in [-0.25, -0.2) is 8.78 Å². The third-order valence-corrected chi connectivity index (χ3v) is 4.01. The second-order valence-corrected chi connectivity index (χ2v) is 6.33. The number of carbonyl (C=O) groups is 2. The molecule has 148 valence electrons. The molecule has 0 saturated heterocycles. The number of carbonyl (C=O) groups excluding carboxylic acids is 2. The highest BCUT2D eigenvalue weighted by atomic mass is 19.1. The zero-order valence-corrected chi connectivity index (χ0v) is 15.7. The predicted octanol–water partition coefficient (Wildman–Crippen LogP) is 4.62. The van der Waals surface area contributed by atoms with Crippen LogP contribution in [-0.4, -0.2) is 16.8 Å². The van der Waals surface area contributed by atoms with Crippen LogP contribution in [0.1, 0.15) is 22.8 Å². The van der Waals surface area contributed by atoms with Crippen LogP contribution in [0.3, 0.4) is 0 Å². The number of nitrogens with zero attached hydrogens (tertiary/aromatic N) is 1. The van der Waals surface area contributed by atoms with Gasteiger partial charge in [-0.2, -0.15) is 0 Å². The molecule has 0 atom stereocenters. The van der Waals surface area contributed by atoms with E-state index < -0.39 is 17.5 Å². The summed E-state index contributed by atoms with van der Waals surface area (Å²) >= 11 is 0. The molecule has 2 amide bonds. The topological polar surface area (TPSA) is 83.1 Å². The van der Waals surface area contributed by atoms with Crippen LogP contribution in [0, 0.1) is 18.6 Å². The van der Waals surface area contributed by atoms with Gasteiger partial charge in [0.2, 0.25) is 5.91 Å². The smallest absolute Gasteiger partial charge is 0.260 e. The van der Waals surface area contributed by atoms with Crippen LogP contribution in [0.25, 0.3) is 0 Å². The van der Waals surface area contributed by atoms with E-state index in [0.29, 0.717) is 5.69 Å². The highest BCUT2D eigenvalue weighted by Crippen LogP contribution is 2.27. The molecule has 0 spiro atoms. The maximum Gasteiger partial charge on any atom is 0.260 e. The number of hydrogen-bond donors (Lipinski definition) is 3. The van der Waals surface area contributed by atoms with Crippen molar-refractivity contribution in [3.05, 3.63) is 77.6 Å². The molecule has 0 fully saturated rings. The standard InChI is InChI=1S/C21H18F2N4O2/c1-12-7-8-16(14(22)9-12)26-19-11-24-10-15(23)20(19)21(29)27-18-6-4-3-5-17(18)25-13(2)28/h3-11,26H,1-2H3,(H,25,28)(H,27,29). The molecular formula is C21H18F2N4O2. The number of amides is 2. The predicted molar refractivity (Wildman–Crippen MR) is 107 cm³/mol. The van der Waals surface area contributed by atoms with Crippen molar-refractivity contribution in [2.45, 2.75) is 13.8 Å². The molecule has 3 N–H and O–H groups in total. The number of aromatic nitrogens is 1. The molecule has 6 nitrogen and oxygen atoms in total. The molecule has 0 radical (unpaired) electrons. The van der Waals surface area contributed by atoms with Gasteiger partial charge in [0.15, 0.2) is 5.82 Å². The molecule has 29 heavy (non-hydrogen) atoms. The molecule has 0 aliphatic rings. The molecule has 1 heterocycles. The fraction of sp³-hybridized carbons (Fsp3) is 0.0952. The number of hydrogen-bond acceptors (Lipinski definition) is 4. The van der Waals surface area contributed by atoms with Gasteiger partial charge in [0.05, 0.1) is 35.1 Å². The number of rotatable bonds is 5. The summed E-state index contributed by atoms with van der Waals surface area (Å²) in [4.78, 5) is 27.9. The zero-order valence-electron chi connectivity index (χ0n) is 15.7. The Morgan fingerprint density at radius 2 is 1.55 bits per heavy atom. The van der Waals surface area contributed by atoms with Crippen molar-refractivity contribution < 1.29 is 18.4 Å². The molecule has 1 aromatic heterocycles. The van der Waals surface area contributed by atoms with Crippen molar-refractivity contribution in [1.29, 1.82) is 0 Å². The normalized spacial score (nSPS) is 10.3. The van der Waals surface area contributed by atoms with Crippen LogP contribution in [0.15, 0.2) is 54.9 Å². The van der Waals surface area contributed by atoms with Crippen LogP contribution in [0.5, 0.6) is 0 Å². The van der Waals surface area contributed by atoms with Crippen molar-refractivity contribution in [2.24, 2.45) is 0 Å². The summed E-state index contributed by atoms with van der Waals surface area (Å²) in [6.07, 6.45) is 2.13. The first-order valence-electron chi connectivity index (χ1n) is 8.70. The Balaban J connectivity index is 1.93. The summed E-state index contributed by atoms with van der Waals surface area (Å²) in [5, 5.41) is 7.87. The second kappa shape index (κ2) is 8.47. The third kappa shape index (κ3) is 4.73. The molecule has 8 heteroatoms. The Kier molecular flexibility index (Phi) is 5.82. The van der Waals surface area contributed by atoms with Crippen molar-refractivity contribution in [1.82, 2.24) is 4.98 Å². The van der Waals surface area contributed by atoms with Crippen LogP contribution < -0.4 is 16.0 Å². The number of para-hydroxylation sites is 2. The summed E-state index contributed by atoms with van der Waals surface area (Å²) in [5.41, 5.74) is 1.12. The maximum atomic E-state index is 14.5. The van der Waals surface area contributed by atoms with E-state index in [4.69, 9.17) is 0 Å². The number of nitrogens with one attached hydrogen (secondary N) is 3. The molecule has 3 rings (SSSR count). The summed E-state index contributed by atoms with van der Waals surface area (Å²) in [7, 11) is 0. The van der Waals surface area contributed by atoms with E-state index in [1.165, 1.54) is 25.3 Å². The van der Waals surface area contributed by atoms with Gasteiger partial charge in [-0.05, 0) is 36.8 Å². The number of halogens is 2. The average Bonchev–Trinajstić information content (AvgIpc) is 2.65. The lowest BCUT2D eigenvalue weighted by molar-refractivity contribution is -0.114. The average molecular weight is 396 g/mol. The van der Waals surface area contributed by atoms with Crippen molar-refractivity contribution in [3.63, 3.8) is 0 Å². The lowest BCUT2D eigenvalue weighted by atomic mass is 10.1. The largest absolute Gasteiger partial charge is 0.351 e. The molecule has 0 unspecified atom stereocenters. The van der Waals surface area contributed by atoms with E-state index in [0.717, 1.165) is 11.8 Å². The minimum Gasteiger partial charge on any atom is -0.351 e. The Morgan fingerprint density at radius 1 is 0.862 bits per heavy atom. The number of aryl methyl sites for hydroxylation is 1. The van der Waals surface area contributed by atoms with Crippen molar-refractivity contribution in [3.8, 4) is 0 Å². The quantitative estimate of drug-likeness (QED) is 0.588. The SMILES string of the molecule is CC(=O)Nc1ccccc1NC(=O)c1c(F)cncc1Nc1ccc(C)cc1F. The van der Waals surface area contributed by atoms with Crippen molar-refractivity contribution in [2.75, 3.05) is 16.0 Å². The monoisotopic (exact) mass is 396 g/mol. The summed E-state index contributed by atoms with van der Waals surface area (Å²) in [6, 6.07) is 11.0. The van der Waals surface area contributed by atoms with Gasteiger partial charge in [0.25, 0.3) is 5.91 Å². The fourth-order valence-corrected chi connectivity index (χ4v) is 2.70. The minimum atomic E-state index is -0.878. The minimum absolute atomic E-state index is 0.00209. The Labute approximate surface area is 166 Å². The summed E-state index contributed by atoms with van der Waals surface area (Å²) in [6.45, 7) is 3.07. The van der Waals surface area contributed by atoms with E-state index >= 15 is 0 Å². The van der Waals surface area contributed by atoms with Crippen LogP contribution in [0.2, 0.25) is 0 Å². The zero-order chi connectivity index (χ0) is 21.0. The molecule has 3 aromatic rings. The van der Waals surface area contributed by atoms with Gasteiger partial charge in [0, 0.05) is 6.92 Å². The van der Waals surface area contributed by atoms with Crippen molar-refractivity contribution >= 4 is 34.6 Å². The van der Waals surface area contributed by atoms with Gasteiger partial charge >= 0.3 is 0 Å². The van der Waals surface area contributed by atoms with Gasteiger partial charge in [-0.15, -0.1) is 0 Å². The maximum absolute atomic E-state index is 14.5. The van der Waals surface area contributed by atoms with E-state index in [1.54, 1.807) is 37.3 Å². The first kappa shape index (κ1) is 19.9. The summed E-state index contributed by atoms with van der Waals surface area (Å²) < 4.78 is 28.6. The fourth-order valence-electron chi connectivity index (χ4n) is 2.70. The molecule has 2 aromatic carbocycles. The Hall–Kier alpha value is -3.81. The number of pyridine rings is 1. The summed E-state index contributed by atoms with van der Waals surface area (Å²) in [5.74, 6) is -2.52. The third-order valence-electron chi connectivity index (χ3n) is 4.01. The molecular weight excluding hydrogens is 378 g/mol.